The van der Waals surface area contributed by atoms with Gasteiger partial charge in [0.2, 0.25) is 0 Å². The highest BCUT2D eigenvalue weighted by Crippen LogP contribution is 2.17. The summed E-state index contributed by atoms with van der Waals surface area (Å²) in [5.74, 6) is -2.47. The molecule has 1 N–H and O–H groups in total. The van der Waals surface area contributed by atoms with Crippen molar-refractivity contribution in [3.63, 3.8) is 0 Å². The van der Waals surface area contributed by atoms with Crippen LogP contribution in [-0.2, 0) is 9.84 Å². The van der Waals surface area contributed by atoms with Crippen LogP contribution in [0.25, 0.3) is 0 Å². The Labute approximate surface area is 133 Å². The average Bonchev–Trinajstić information content (AvgIpc) is 2.49. The van der Waals surface area contributed by atoms with Gasteiger partial charge in [-0.1, -0.05) is 12.1 Å². The predicted octanol–water partition coefficient (Wildman–Crippen LogP) is 2.86. The van der Waals surface area contributed by atoms with Crippen LogP contribution in [0, 0.1) is 11.6 Å². The SMILES string of the molecule is C[C@H](NC(=O)c1cccc(S(C)(=O)=O)c1)c1ccc(F)c(F)c1. The van der Waals surface area contributed by atoms with Crippen LogP contribution in [-0.4, -0.2) is 20.6 Å². The van der Waals surface area contributed by atoms with Gasteiger partial charge >= 0.3 is 0 Å². The minimum atomic E-state index is -3.42. The van der Waals surface area contributed by atoms with Gasteiger partial charge in [0, 0.05) is 11.8 Å². The number of nitrogens with one attached hydrogen (secondary N) is 1. The van der Waals surface area contributed by atoms with Crippen molar-refractivity contribution in [3.05, 3.63) is 65.2 Å². The van der Waals surface area contributed by atoms with Gasteiger partial charge in [-0.15, -0.1) is 0 Å². The van der Waals surface area contributed by atoms with E-state index in [0.717, 1.165) is 18.4 Å². The van der Waals surface area contributed by atoms with Gasteiger partial charge < -0.3 is 5.32 Å². The summed E-state index contributed by atoms with van der Waals surface area (Å²) in [4.78, 5) is 12.2. The van der Waals surface area contributed by atoms with Gasteiger partial charge in [0.25, 0.3) is 5.91 Å². The van der Waals surface area contributed by atoms with Gasteiger partial charge in [-0.3, -0.25) is 4.79 Å². The molecule has 0 heterocycles. The highest BCUT2D eigenvalue weighted by Gasteiger charge is 2.15. The molecule has 23 heavy (non-hydrogen) atoms. The minimum Gasteiger partial charge on any atom is -0.346 e. The minimum absolute atomic E-state index is 0.0330. The number of halogens is 2. The van der Waals surface area contributed by atoms with E-state index in [-0.39, 0.29) is 10.5 Å². The molecule has 1 amide bonds. The highest BCUT2D eigenvalue weighted by atomic mass is 32.2. The van der Waals surface area contributed by atoms with E-state index in [4.69, 9.17) is 0 Å². The van der Waals surface area contributed by atoms with Gasteiger partial charge in [0.05, 0.1) is 10.9 Å². The molecule has 0 unspecified atom stereocenters. The molecule has 0 fully saturated rings. The van der Waals surface area contributed by atoms with Crippen LogP contribution in [0.3, 0.4) is 0 Å². The lowest BCUT2D eigenvalue weighted by Gasteiger charge is -2.15. The van der Waals surface area contributed by atoms with Gasteiger partial charge in [0.15, 0.2) is 21.5 Å². The molecule has 4 nitrogen and oxygen atoms in total. The van der Waals surface area contributed by atoms with Crippen molar-refractivity contribution in [1.29, 1.82) is 0 Å². The molecule has 0 saturated heterocycles. The zero-order valence-corrected chi connectivity index (χ0v) is 13.3. The Morgan fingerprint density at radius 2 is 1.78 bits per heavy atom. The average molecular weight is 339 g/mol. The van der Waals surface area contributed by atoms with E-state index < -0.39 is 33.4 Å². The molecule has 0 aliphatic heterocycles. The Hall–Kier alpha value is -2.28. The first-order chi connectivity index (χ1) is 10.7. The summed E-state index contributed by atoms with van der Waals surface area (Å²) in [7, 11) is -3.42. The molecule has 0 aliphatic rings. The number of carbonyl (C=O) groups excluding carboxylic acids is 1. The van der Waals surface area contributed by atoms with E-state index in [0.29, 0.717) is 5.56 Å². The zero-order chi connectivity index (χ0) is 17.2. The smallest absolute Gasteiger partial charge is 0.251 e. The maximum absolute atomic E-state index is 13.2. The molecule has 0 aromatic heterocycles. The summed E-state index contributed by atoms with van der Waals surface area (Å²) in [5.41, 5.74) is 0.568. The van der Waals surface area contributed by atoms with E-state index in [2.05, 4.69) is 5.32 Å². The van der Waals surface area contributed by atoms with Crippen LogP contribution in [0.5, 0.6) is 0 Å². The van der Waals surface area contributed by atoms with Crippen molar-refractivity contribution in [2.75, 3.05) is 6.26 Å². The van der Waals surface area contributed by atoms with Crippen molar-refractivity contribution in [1.82, 2.24) is 5.32 Å². The van der Waals surface area contributed by atoms with Crippen LogP contribution in [0.1, 0.15) is 28.9 Å². The lowest BCUT2D eigenvalue weighted by atomic mass is 10.1. The van der Waals surface area contributed by atoms with Crippen molar-refractivity contribution in [2.45, 2.75) is 17.9 Å². The third kappa shape index (κ3) is 4.13. The first-order valence-electron chi connectivity index (χ1n) is 6.74. The van der Waals surface area contributed by atoms with E-state index in [1.807, 2.05) is 0 Å². The van der Waals surface area contributed by atoms with Crippen molar-refractivity contribution in [2.24, 2.45) is 0 Å². The fourth-order valence-corrected chi connectivity index (χ4v) is 2.68. The molecule has 0 aliphatic carbocycles. The van der Waals surface area contributed by atoms with E-state index in [1.54, 1.807) is 6.92 Å². The standard InChI is InChI=1S/C16H15F2NO3S/c1-10(11-6-7-14(17)15(18)9-11)19-16(20)12-4-3-5-13(8-12)23(2,21)22/h3-10H,1-2H3,(H,19,20)/t10-/m0/s1. The van der Waals surface area contributed by atoms with Gasteiger partial charge in [0.1, 0.15) is 0 Å². The Kier molecular flexibility index (Phi) is 4.79. The number of hydrogen-bond acceptors (Lipinski definition) is 3. The third-order valence-electron chi connectivity index (χ3n) is 3.32. The Morgan fingerprint density at radius 1 is 1.09 bits per heavy atom. The molecule has 2 aromatic carbocycles. The Balaban J connectivity index is 2.20. The molecule has 0 spiro atoms. The molecular weight excluding hydrogens is 324 g/mol. The third-order valence-corrected chi connectivity index (χ3v) is 4.43. The number of benzene rings is 2. The van der Waals surface area contributed by atoms with Gasteiger partial charge in [-0.05, 0) is 42.8 Å². The van der Waals surface area contributed by atoms with Crippen LogP contribution >= 0.6 is 0 Å². The first-order valence-corrected chi connectivity index (χ1v) is 8.63. The van der Waals surface area contributed by atoms with Crippen LogP contribution in [0.15, 0.2) is 47.4 Å². The number of carbonyl (C=O) groups is 1. The Morgan fingerprint density at radius 3 is 2.39 bits per heavy atom. The number of rotatable bonds is 4. The molecule has 0 radical (unpaired) electrons. The van der Waals surface area contributed by atoms with E-state index in [9.17, 15) is 22.0 Å². The van der Waals surface area contributed by atoms with Crippen LogP contribution in [0.4, 0.5) is 8.78 Å². The summed E-state index contributed by atoms with van der Waals surface area (Å²) in [6.45, 7) is 1.62. The molecule has 7 heteroatoms. The molecule has 0 bridgehead atoms. The lowest BCUT2D eigenvalue weighted by Crippen LogP contribution is -2.26. The summed E-state index contributed by atoms with van der Waals surface area (Å²) < 4.78 is 49.2. The first kappa shape index (κ1) is 17.1. The maximum atomic E-state index is 13.2. The summed E-state index contributed by atoms with van der Waals surface area (Å²) in [6.07, 6.45) is 1.05. The fraction of sp³-hybridized carbons (Fsp3) is 0.188. The second kappa shape index (κ2) is 6.45. The molecular formula is C16H15F2NO3S. The fourth-order valence-electron chi connectivity index (χ4n) is 2.01. The zero-order valence-electron chi connectivity index (χ0n) is 12.5. The maximum Gasteiger partial charge on any atom is 0.251 e. The largest absolute Gasteiger partial charge is 0.346 e. The van der Waals surface area contributed by atoms with Crippen molar-refractivity contribution < 1.29 is 22.0 Å². The number of hydrogen-bond donors (Lipinski definition) is 1. The number of sulfone groups is 1. The van der Waals surface area contributed by atoms with Crippen molar-refractivity contribution >= 4 is 15.7 Å². The van der Waals surface area contributed by atoms with Crippen LogP contribution in [0.2, 0.25) is 0 Å². The Bertz CT molecular complexity index is 850. The molecule has 2 rings (SSSR count). The second-order valence-corrected chi connectivity index (χ2v) is 7.18. The highest BCUT2D eigenvalue weighted by molar-refractivity contribution is 7.90. The van der Waals surface area contributed by atoms with E-state index >= 15 is 0 Å². The molecule has 0 saturated carbocycles. The summed E-state index contributed by atoms with van der Waals surface area (Å²) in [5, 5.41) is 2.61. The topological polar surface area (TPSA) is 63.2 Å². The second-order valence-electron chi connectivity index (χ2n) is 5.17. The van der Waals surface area contributed by atoms with E-state index in [1.165, 1.54) is 30.3 Å². The van der Waals surface area contributed by atoms with Gasteiger partial charge in [-0.25, -0.2) is 17.2 Å². The van der Waals surface area contributed by atoms with Crippen molar-refractivity contribution in [3.8, 4) is 0 Å². The van der Waals surface area contributed by atoms with Crippen LogP contribution < -0.4 is 5.32 Å². The quantitative estimate of drug-likeness (QED) is 0.932. The monoisotopic (exact) mass is 339 g/mol. The lowest BCUT2D eigenvalue weighted by molar-refractivity contribution is 0.0939. The molecule has 1 atom stereocenters. The molecule has 122 valence electrons. The normalized spacial score (nSPS) is 12.7. The predicted molar refractivity (Wildman–Crippen MR) is 81.8 cm³/mol. The summed E-state index contributed by atoms with van der Waals surface area (Å²) >= 11 is 0. The summed E-state index contributed by atoms with van der Waals surface area (Å²) in [6, 6.07) is 8.39. The number of amides is 1. The van der Waals surface area contributed by atoms with Gasteiger partial charge in [-0.2, -0.15) is 0 Å². The molecule has 2 aromatic rings.